The first-order chi connectivity index (χ1) is 20.5. The highest BCUT2D eigenvalue weighted by Crippen LogP contribution is 2.40. The fourth-order valence-electron chi connectivity index (χ4n) is 5.15. The molecular weight excluding hydrogens is 532 g/mol. The van der Waals surface area contributed by atoms with Crippen LogP contribution in [-0.2, 0) is 0 Å². The lowest BCUT2D eigenvalue weighted by Gasteiger charge is -2.18. The van der Waals surface area contributed by atoms with Gasteiger partial charge in [-0.15, -0.1) is 0 Å². The van der Waals surface area contributed by atoms with Crippen LogP contribution in [0.25, 0.3) is 49.6 Å². The van der Waals surface area contributed by atoms with Crippen molar-refractivity contribution in [2.24, 2.45) is 0 Å². The number of pyridine rings is 2. The maximum atomic E-state index is 13.9. The normalized spacial score (nSPS) is 11.4. The summed E-state index contributed by atoms with van der Waals surface area (Å²) in [7, 11) is 0. The molecule has 0 fully saturated rings. The summed E-state index contributed by atoms with van der Waals surface area (Å²) in [6, 6.07) is 19.9. The minimum atomic E-state index is -1.72. The zero-order chi connectivity index (χ0) is 29.2. The zero-order valence-corrected chi connectivity index (χ0v) is 23.1. The molecule has 2 N–H and O–H groups in total. The van der Waals surface area contributed by atoms with Crippen LogP contribution < -0.4 is 15.0 Å². The molecule has 210 valence electrons. The maximum Gasteiger partial charge on any atom is 0.279 e. The van der Waals surface area contributed by atoms with E-state index < -0.39 is 6.29 Å². The molecule has 9 heteroatoms. The predicted molar refractivity (Wildman–Crippen MR) is 161 cm³/mol. The standard InChI is InChI=1S/C33H28N4O5/c1-3-41-29-16-21-14-22(33(39)40)15-27(26(21)17-30(29)42-4-2)23-11-13-35-19-28(23)37-32(38)25-10-6-5-9-24(25)31(36-37)20-8-7-12-34-18-20/h5-19,33,39-40H,3-4H2,1-2H3. The zero-order valence-electron chi connectivity index (χ0n) is 23.1. The molecule has 0 atom stereocenters. The number of aliphatic hydroxyl groups is 2. The molecule has 0 saturated carbocycles. The highest BCUT2D eigenvalue weighted by molar-refractivity contribution is 6.01. The Kier molecular flexibility index (Phi) is 7.35. The van der Waals surface area contributed by atoms with E-state index in [4.69, 9.17) is 14.6 Å². The number of aromatic nitrogens is 4. The summed E-state index contributed by atoms with van der Waals surface area (Å²) in [5.74, 6) is 1.10. The van der Waals surface area contributed by atoms with Crippen molar-refractivity contribution in [3.8, 4) is 39.6 Å². The Hall–Kier alpha value is -5.12. The van der Waals surface area contributed by atoms with Gasteiger partial charge in [-0.25, -0.2) is 0 Å². The van der Waals surface area contributed by atoms with Crippen LogP contribution in [-0.4, -0.2) is 43.2 Å². The molecule has 0 aliphatic heterocycles. The number of hydrogen-bond donors (Lipinski definition) is 2. The highest BCUT2D eigenvalue weighted by atomic mass is 16.5. The van der Waals surface area contributed by atoms with Crippen molar-refractivity contribution in [3.63, 3.8) is 0 Å². The van der Waals surface area contributed by atoms with E-state index in [1.807, 2.05) is 56.3 Å². The number of hydrogen-bond acceptors (Lipinski definition) is 8. The van der Waals surface area contributed by atoms with Gasteiger partial charge in [0.15, 0.2) is 17.8 Å². The molecule has 3 aromatic heterocycles. The first-order valence-corrected chi connectivity index (χ1v) is 13.6. The van der Waals surface area contributed by atoms with Gasteiger partial charge in [-0.1, -0.05) is 18.2 Å². The third-order valence-corrected chi connectivity index (χ3v) is 7.00. The Balaban J connectivity index is 1.67. The number of fused-ring (bicyclic) bond motifs is 2. The van der Waals surface area contributed by atoms with Gasteiger partial charge >= 0.3 is 0 Å². The van der Waals surface area contributed by atoms with Crippen LogP contribution in [0.5, 0.6) is 11.5 Å². The van der Waals surface area contributed by atoms with Gasteiger partial charge in [-0.2, -0.15) is 9.78 Å². The Bertz CT molecular complexity index is 1970. The van der Waals surface area contributed by atoms with Crippen molar-refractivity contribution in [2.75, 3.05) is 13.2 Å². The molecule has 0 bridgehead atoms. The largest absolute Gasteiger partial charge is 0.490 e. The molecule has 3 aromatic carbocycles. The third kappa shape index (κ3) is 4.85. The van der Waals surface area contributed by atoms with E-state index >= 15 is 0 Å². The summed E-state index contributed by atoms with van der Waals surface area (Å²) in [6.07, 6.45) is 4.87. The van der Waals surface area contributed by atoms with Crippen molar-refractivity contribution < 1.29 is 19.7 Å². The minimum absolute atomic E-state index is 0.279. The van der Waals surface area contributed by atoms with Gasteiger partial charge in [-0.05, 0) is 78.7 Å². The van der Waals surface area contributed by atoms with E-state index in [1.54, 1.807) is 49.1 Å². The number of ether oxygens (including phenoxy) is 2. The topological polar surface area (TPSA) is 120 Å². The molecule has 0 saturated heterocycles. The Morgan fingerprint density at radius 3 is 2.24 bits per heavy atom. The van der Waals surface area contributed by atoms with E-state index in [9.17, 15) is 15.0 Å². The van der Waals surface area contributed by atoms with Crippen LogP contribution in [0.4, 0.5) is 0 Å². The summed E-state index contributed by atoms with van der Waals surface area (Å²) >= 11 is 0. The van der Waals surface area contributed by atoms with Gasteiger partial charge in [0.1, 0.15) is 5.69 Å². The number of aliphatic hydroxyl groups excluding tert-OH is 1. The predicted octanol–water partition coefficient (Wildman–Crippen LogP) is 5.44. The smallest absolute Gasteiger partial charge is 0.279 e. The molecular formula is C33H28N4O5. The SMILES string of the molecule is CCOc1cc2cc(C(O)O)cc(-c3ccncc3-n3nc(-c4cccnc4)c4ccccc4c3=O)c2cc1OCC. The van der Waals surface area contributed by atoms with Gasteiger partial charge in [0.2, 0.25) is 0 Å². The fraction of sp³-hybridized carbons (Fsp3) is 0.152. The monoisotopic (exact) mass is 560 g/mol. The van der Waals surface area contributed by atoms with Crippen LogP contribution in [0.2, 0.25) is 0 Å². The molecule has 6 rings (SSSR count). The molecule has 42 heavy (non-hydrogen) atoms. The molecule has 0 unspecified atom stereocenters. The molecule has 6 aromatic rings. The van der Waals surface area contributed by atoms with Crippen molar-refractivity contribution in [3.05, 3.63) is 107 Å². The lowest BCUT2D eigenvalue weighted by molar-refractivity contribution is -0.0423. The van der Waals surface area contributed by atoms with Gasteiger partial charge in [0.05, 0.1) is 30.5 Å². The van der Waals surface area contributed by atoms with Crippen LogP contribution >= 0.6 is 0 Å². The lowest BCUT2D eigenvalue weighted by atomic mass is 9.94. The fourth-order valence-corrected chi connectivity index (χ4v) is 5.15. The number of nitrogens with zero attached hydrogens (tertiary/aromatic N) is 4. The van der Waals surface area contributed by atoms with Gasteiger partial charge in [-0.3, -0.25) is 14.8 Å². The summed E-state index contributed by atoms with van der Waals surface area (Å²) in [4.78, 5) is 22.5. The van der Waals surface area contributed by atoms with Gasteiger partial charge in [0, 0.05) is 40.7 Å². The summed E-state index contributed by atoms with van der Waals surface area (Å²) in [6.45, 7) is 4.65. The van der Waals surface area contributed by atoms with Crippen molar-refractivity contribution >= 4 is 21.5 Å². The van der Waals surface area contributed by atoms with Crippen LogP contribution in [0.15, 0.2) is 96.3 Å². The van der Waals surface area contributed by atoms with Crippen molar-refractivity contribution in [1.82, 2.24) is 19.7 Å². The van der Waals surface area contributed by atoms with E-state index in [-0.39, 0.29) is 11.1 Å². The molecule has 0 spiro atoms. The number of benzene rings is 3. The summed E-state index contributed by atoms with van der Waals surface area (Å²) in [5.41, 5.74) is 3.00. The molecule has 9 nitrogen and oxygen atoms in total. The quantitative estimate of drug-likeness (QED) is 0.236. The average molecular weight is 561 g/mol. The van der Waals surface area contributed by atoms with E-state index in [0.29, 0.717) is 63.4 Å². The van der Waals surface area contributed by atoms with Crippen molar-refractivity contribution in [1.29, 1.82) is 0 Å². The highest BCUT2D eigenvalue weighted by Gasteiger charge is 2.20. The maximum absolute atomic E-state index is 13.9. The Morgan fingerprint density at radius 1 is 0.786 bits per heavy atom. The second kappa shape index (κ2) is 11.4. The number of rotatable bonds is 8. The Morgan fingerprint density at radius 2 is 1.52 bits per heavy atom. The Labute approximate surface area is 241 Å². The third-order valence-electron chi connectivity index (χ3n) is 7.00. The second-order valence-electron chi connectivity index (χ2n) is 9.57. The molecule has 0 aliphatic rings. The van der Waals surface area contributed by atoms with Crippen LogP contribution in [0.3, 0.4) is 0 Å². The van der Waals surface area contributed by atoms with E-state index in [1.165, 1.54) is 4.68 Å². The molecule has 0 amide bonds. The van der Waals surface area contributed by atoms with Gasteiger partial charge < -0.3 is 19.7 Å². The average Bonchev–Trinajstić information content (AvgIpc) is 3.02. The van der Waals surface area contributed by atoms with Crippen molar-refractivity contribution in [2.45, 2.75) is 20.1 Å². The van der Waals surface area contributed by atoms with Gasteiger partial charge in [0.25, 0.3) is 5.56 Å². The molecule has 0 aliphatic carbocycles. The van der Waals surface area contributed by atoms with E-state index in [0.717, 1.165) is 10.9 Å². The molecule has 0 radical (unpaired) electrons. The van der Waals surface area contributed by atoms with E-state index in [2.05, 4.69) is 9.97 Å². The lowest BCUT2D eigenvalue weighted by Crippen LogP contribution is -2.23. The first-order valence-electron chi connectivity index (χ1n) is 13.6. The van der Waals surface area contributed by atoms with Crippen LogP contribution in [0, 0.1) is 0 Å². The summed E-state index contributed by atoms with van der Waals surface area (Å²) in [5, 5.41) is 27.9. The molecule has 3 heterocycles. The first kappa shape index (κ1) is 27.1. The van der Waals surface area contributed by atoms with Crippen LogP contribution in [0.1, 0.15) is 25.7 Å². The summed E-state index contributed by atoms with van der Waals surface area (Å²) < 4.78 is 13.1. The minimum Gasteiger partial charge on any atom is -0.490 e. The second-order valence-corrected chi connectivity index (χ2v) is 9.57.